The maximum atomic E-state index is 13.6. The Bertz CT molecular complexity index is 1530. The number of nitrogens with two attached hydrogens (primary N) is 1. The Morgan fingerprint density at radius 3 is 2.21 bits per heavy atom. The minimum Gasteiger partial charge on any atom is -0.492 e. The van der Waals surface area contributed by atoms with Gasteiger partial charge in [0, 0.05) is 23.1 Å². The molecule has 1 unspecified atom stereocenters. The van der Waals surface area contributed by atoms with E-state index in [1.807, 2.05) is 84.0 Å². The second-order valence-corrected chi connectivity index (χ2v) is 19.2. The largest absolute Gasteiger partial charge is 0.492 e. The first-order valence-corrected chi connectivity index (χ1v) is 19.5. The lowest BCUT2D eigenvalue weighted by atomic mass is 10.1. The number of carbonyl (C=O) groups excluding carboxylic acids is 2. The Labute approximate surface area is 281 Å². The number of ether oxygens (including phenoxy) is 3. The number of carbonyl (C=O) groups is 2. The quantitative estimate of drug-likeness (QED) is 0.142. The van der Waals surface area contributed by atoms with Gasteiger partial charge >= 0.3 is 12.2 Å². The maximum absolute atomic E-state index is 13.6. The molecule has 11 heteroatoms. The van der Waals surface area contributed by atoms with Crippen LogP contribution in [-0.4, -0.2) is 66.1 Å². The van der Waals surface area contributed by atoms with Crippen LogP contribution in [0.4, 0.5) is 15.3 Å². The number of aromatic nitrogens is 2. The predicted molar refractivity (Wildman–Crippen MR) is 189 cm³/mol. The predicted octanol–water partition coefficient (Wildman–Crippen LogP) is 8.66. The van der Waals surface area contributed by atoms with Crippen molar-refractivity contribution in [3.8, 4) is 5.75 Å². The monoisotopic (exact) mass is 666 g/mol. The molecule has 1 aromatic heterocycles. The molecule has 0 radical (unpaired) electrons. The van der Waals surface area contributed by atoms with Gasteiger partial charge in [-0.15, -0.1) is 0 Å². The number of rotatable bonds is 13. The molecule has 2 aromatic carbocycles. The van der Waals surface area contributed by atoms with E-state index >= 15 is 0 Å². The standard InChI is InChI=1S/C36H54N4O6Si/c1-10-47(11-2,12-3)46-31(26-14-13-15-27(37)22-26)24-39(33(41)44-35(4,5)6)20-21-43-28-18-19-29-30(23-28)40(34(42)45-36(7,8)9)38-32(29)25-16-17-25/h13-15,18-19,22-23,25,31H,10-12,16-17,20-21,24,37H2,1-9H3. The average Bonchev–Trinajstić information content (AvgIpc) is 3.76. The molecule has 1 saturated carbocycles. The molecule has 258 valence electrons. The zero-order valence-electron chi connectivity index (χ0n) is 29.7. The third kappa shape index (κ3) is 9.73. The molecule has 0 bridgehead atoms. The van der Waals surface area contributed by atoms with Crippen molar-refractivity contribution in [1.29, 1.82) is 0 Å². The van der Waals surface area contributed by atoms with Crippen LogP contribution in [0.25, 0.3) is 10.9 Å². The van der Waals surface area contributed by atoms with Crippen molar-refractivity contribution in [1.82, 2.24) is 14.7 Å². The van der Waals surface area contributed by atoms with Crippen LogP contribution < -0.4 is 10.5 Å². The molecule has 47 heavy (non-hydrogen) atoms. The van der Waals surface area contributed by atoms with E-state index in [-0.39, 0.29) is 25.8 Å². The zero-order chi connectivity index (χ0) is 34.6. The van der Waals surface area contributed by atoms with E-state index in [2.05, 4.69) is 25.9 Å². The summed E-state index contributed by atoms with van der Waals surface area (Å²) >= 11 is 0. The van der Waals surface area contributed by atoms with Crippen LogP contribution in [0, 0.1) is 0 Å². The second-order valence-electron chi connectivity index (χ2n) is 14.5. The topological polar surface area (TPSA) is 118 Å². The molecule has 1 fully saturated rings. The highest BCUT2D eigenvalue weighted by Gasteiger charge is 2.35. The fraction of sp³-hybridized carbons (Fsp3) is 0.583. The van der Waals surface area contributed by atoms with Crippen molar-refractivity contribution in [3.05, 3.63) is 53.7 Å². The van der Waals surface area contributed by atoms with Crippen molar-refractivity contribution in [2.24, 2.45) is 0 Å². The van der Waals surface area contributed by atoms with E-state index in [0.29, 0.717) is 22.9 Å². The van der Waals surface area contributed by atoms with Gasteiger partial charge in [0.15, 0.2) is 8.32 Å². The zero-order valence-corrected chi connectivity index (χ0v) is 30.7. The van der Waals surface area contributed by atoms with E-state index in [1.54, 1.807) is 4.90 Å². The first-order valence-electron chi connectivity index (χ1n) is 17.0. The van der Waals surface area contributed by atoms with Gasteiger partial charge in [0.05, 0.1) is 30.4 Å². The summed E-state index contributed by atoms with van der Waals surface area (Å²) in [6.07, 6.45) is 0.761. The number of anilines is 1. The number of hydrogen-bond acceptors (Lipinski definition) is 8. The molecule has 1 aliphatic rings. The van der Waals surface area contributed by atoms with Gasteiger partial charge in [-0.25, -0.2) is 9.59 Å². The number of fused-ring (bicyclic) bond motifs is 1. The van der Waals surface area contributed by atoms with Crippen LogP contribution in [0.2, 0.25) is 18.1 Å². The Kier molecular flexibility index (Phi) is 11.3. The molecule has 0 spiro atoms. The summed E-state index contributed by atoms with van der Waals surface area (Å²) in [6.45, 7) is 18.4. The van der Waals surface area contributed by atoms with Crippen molar-refractivity contribution in [2.45, 2.75) is 117 Å². The van der Waals surface area contributed by atoms with E-state index < -0.39 is 31.7 Å². The van der Waals surface area contributed by atoms with Gasteiger partial charge in [-0.1, -0.05) is 32.9 Å². The van der Waals surface area contributed by atoms with Gasteiger partial charge < -0.3 is 29.3 Å². The van der Waals surface area contributed by atoms with Crippen LogP contribution in [-0.2, 0) is 13.9 Å². The van der Waals surface area contributed by atoms with E-state index in [0.717, 1.165) is 47.6 Å². The van der Waals surface area contributed by atoms with Crippen LogP contribution in [0.3, 0.4) is 0 Å². The van der Waals surface area contributed by atoms with Gasteiger partial charge in [-0.05, 0) is 102 Å². The maximum Gasteiger partial charge on any atom is 0.435 e. The third-order valence-electron chi connectivity index (χ3n) is 8.49. The Hall–Kier alpha value is -3.57. The van der Waals surface area contributed by atoms with Crippen LogP contribution >= 0.6 is 0 Å². The molecule has 3 aromatic rings. The molecule has 0 saturated heterocycles. The number of benzene rings is 2. The molecule has 10 nitrogen and oxygen atoms in total. The minimum absolute atomic E-state index is 0.197. The normalized spacial score (nSPS) is 14.6. The summed E-state index contributed by atoms with van der Waals surface area (Å²) in [5.74, 6) is 0.909. The summed E-state index contributed by atoms with van der Waals surface area (Å²) in [4.78, 5) is 28.4. The van der Waals surface area contributed by atoms with E-state index in [4.69, 9.17) is 24.4 Å². The molecular formula is C36H54N4O6Si. The van der Waals surface area contributed by atoms with Gasteiger partial charge in [0.2, 0.25) is 0 Å². The Balaban J connectivity index is 1.59. The summed E-state index contributed by atoms with van der Waals surface area (Å²) in [7, 11) is -2.07. The lowest BCUT2D eigenvalue weighted by Crippen LogP contribution is -2.45. The average molecular weight is 667 g/mol. The van der Waals surface area contributed by atoms with E-state index in [9.17, 15) is 9.59 Å². The summed E-state index contributed by atoms with van der Waals surface area (Å²) in [5.41, 5.74) is 7.98. The first kappa shape index (κ1) is 36.3. The SMILES string of the molecule is CC[Si](CC)(CC)OC(CN(CCOc1ccc2c(C3CC3)nn(C(=O)OC(C)(C)C)c2c1)C(=O)OC(C)(C)C)c1cccc(N)c1. The third-order valence-corrected chi connectivity index (χ3v) is 13.1. The number of nitrogen functional groups attached to an aromatic ring is 1. The van der Waals surface area contributed by atoms with Gasteiger partial charge in [-0.2, -0.15) is 9.78 Å². The highest BCUT2D eigenvalue weighted by atomic mass is 28.4. The first-order chi connectivity index (χ1) is 22.1. The number of nitrogens with zero attached hydrogens (tertiary/aromatic N) is 3. The van der Waals surface area contributed by atoms with Crippen LogP contribution in [0.15, 0.2) is 42.5 Å². The fourth-order valence-electron chi connectivity index (χ4n) is 5.64. The second kappa shape index (κ2) is 14.7. The molecule has 1 aliphatic carbocycles. The van der Waals surface area contributed by atoms with Crippen molar-refractivity contribution < 1.29 is 28.2 Å². The fourth-order valence-corrected chi connectivity index (χ4v) is 8.45. The number of amides is 1. The lowest BCUT2D eigenvalue weighted by molar-refractivity contribution is 0.0131. The van der Waals surface area contributed by atoms with Crippen molar-refractivity contribution >= 4 is 37.1 Å². The van der Waals surface area contributed by atoms with Crippen molar-refractivity contribution in [3.63, 3.8) is 0 Å². The highest BCUT2D eigenvalue weighted by molar-refractivity contribution is 6.73. The molecule has 0 aliphatic heterocycles. The smallest absolute Gasteiger partial charge is 0.435 e. The molecule has 1 atom stereocenters. The molecule has 1 heterocycles. The lowest BCUT2D eigenvalue weighted by Gasteiger charge is -2.36. The van der Waals surface area contributed by atoms with Gasteiger partial charge in [0.1, 0.15) is 23.6 Å². The molecule has 1 amide bonds. The molecular weight excluding hydrogens is 613 g/mol. The summed E-state index contributed by atoms with van der Waals surface area (Å²) in [6, 6.07) is 16.3. The summed E-state index contributed by atoms with van der Waals surface area (Å²) < 4.78 is 26.0. The number of hydrogen-bond donors (Lipinski definition) is 1. The minimum atomic E-state index is -2.07. The Morgan fingerprint density at radius 1 is 0.979 bits per heavy atom. The Morgan fingerprint density at radius 2 is 1.64 bits per heavy atom. The van der Waals surface area contributed by atoms with Gasteiger partial charge in [-0.3, -0.25) is 0 Å². The van der Waals surface area contributed by atoms with Crippen LogP contribution in [0.1, 0.15) is 98.4 Å². The highest BCUT2D eigenvalue weighted by Crippen LogP contribution is 2.43. The molecule has 2 N–H and O–H groups in total. The van der Waals surface area contributed by atoms with Crippen molar-refractivity contribution in [2.75, 3.05) is 25.4 Å². The van der Waals surface area contributed by atoms with Crippen LogP contribution in [0.5, 0.6) is 5.75 Å². The summed E-state index contributed by atoms with van der Waals surface area (Å²) in [5, 5.41) is 5.57. The molecule has 4 rings (SSSR count). The van der Waals surface area contributed by atoms with Gasteiger partial charge in [0.25, 0.3) is 0 Å². The van der Waals surface area contributed by atoms with E-state index in [1.165, 1.54) is 4.68 Å².